The summed E-state index contributed by atoms with van der Waals surface area (Å²) in [7, 11) is 0. The van der Waals surface area contributed by atoms with E-state index in [9.17, 15) is 9.59 Å². The topological polar surface area (TPSA) is 73.2 Å². The van der Waals surface area contributed by atoms with Crippen molar-refractivity contribution in [1.29, 1.82) is 0 Å². The van der Waals surface area contributed by atoms with Crippen molar-refractivity contribution in [3.63, 3.8) is 0 Å². The monoisotopic (exact) mass is 457 g/mol. The molecule has 1 aromatic carbocycles. The van der Waals surface area contributed by atoms with E-state index in [0.717, 1.165) is 46.5 Å². The first-order valence-electron chi connectivity index (χ1n) is 10.7. The minimum absolute atomic E-state index is 0.0556. The van der Waals surface area contributed by atoms with Crippen LogP contribution in [0.4, 0.5) is 0 Å². The minimum atomic E-state index is -0.0568. The standard InChI is InChI=1S/C23H27N3O3S2/c1-4-29-16-10-8-15(9-11-16)26-22(28)20-17-6-5-7-18(17)31-21(20)25-23(26)30-13-19(27)24-12-14(2)3/h8-11,14H,4-7,12-13H2,1-3H3,(H,24,27). The van der Waals surface area contributed by atoms with Crippen molar-refractivity contribution >= 4 is 39.2 Å². The number of aromatic nitrogens is 2. The lowest BCUT2D eigenvalue weighted by atomic mass is 10.2. The van der Waals surface area contributed by atoms with E-state index in [1.54, 1.807) is 15.9 Å². The number of thiophene rings is 1. The van der Waals surface area contributed by atoms with Crippen molar-refractivity contribution in [2.75, 3.05) is 18.9 Å². The molecule has 6 nitrogen and oxygen atoms in total. The van der Waals surface area contributed by atoms with E-state index in [-0.39, 0.29) is 17.2 Å². The molecule has 0 spiro atoms. The molecule has 1 amide bonds. The molecular weight excluding hydrogens is 430 g/mol. The van der Waals surface area contributed by atoms with Crippen molar-refractivity contribution in [3.8, 4) is 11.4 Å². The molecule has 0 unspecified atom stereocenters. The fourth-order valence-corrected chi connectivity index (χ4v) is 5.85. The Bertz CT molecular complexity index is 1150. The van der Waals surface area contributed by atoms with Crippen LogP contribution in [0, 0.1) is 5.92 Å². The number of nitrogens with one attached hydrogen (secondary N) is 1. The van der Waals surface area contributed by atoms with Gasteiger partial charge in [-0.2, -0.15) is 0 Å². The second-order valence-electron chi connectivity index (χ2n) is 7.99. The van der Waals surface area contributed by atoms with Gasteiger partial charge in [0.2, 0.25) is 5.91 Å². The summed E-state index contributed by atoms with van der Waals surface area (Å²) in [5.41, 5.74) is 1.83. The molecule has 4 rings (SSSR count). The quantitative estimate of drug-likeness (QED) is 0.405. The maximum Gasteiger partial charge on any atom is 0.267 e. The Morgan fingerprint density at radius 3 is 2.77 bits per heavy atom. The van der Waals surface area contributed by atoms with E-state index in [1.807, 2.05) is 31.2 Å². The molecule has 164 valence electrons. The van der Waals surface area contributed by atoms with E-state index in [1.165, 1.54) is 16.6 Å². The Hall–Kier alpha value is -2.32. The summed E-state index contributed by atoms with van der Waals surface area (Å²) in [5.74, 6) is 1.30. The van der Waals surface area contributed by atoms with E-state index in [2.05, 4.69) is 19.2 Å². The Morgan fingerprint density at radius 1 is 1.29 bits per heavy atom. The zero-order chi connectivity index (χ0) is 22.0. The molecule has 31 heavy (non-hydrogen) atoms. The number of ether oxygens (including phenoxy) is 1. The molecule has 1 N–H and O–H groups in total. The van der Waals surface area contributed by atoms with E-state index in [4.69, 9.17) is 9.72 Å². The number of fused-ring (bicyclic) bond motifs is 3. The van der Waals surface area contributed by atoms with Crippen molar-refractivity contribution in [2.45, 2.75) is 45.2 Å². The van der Waals surface area contributed by atoms with Gasteiger partial charge in [0.05, 0.1) is 23.4 Å². The number of hydrogen-bond donors (Lipinski definition) is 1. The molecule has 1 aliphatic rings. The second-order valence-corrected chi connectivity index (χ2v) is 10.0. The number of thioether (sulfide) groups is 1. The van der Waals surface area contributed by atoms with Gasteiger partial charge in [-0.05, 0) is 61.9 Å². The smallest absolute Gasteiger partial charge is 0.267 e. The van der Waals surface area contributed by atoms with Gasteiger partial charge in [-0.15, -0.1) is 11.3 Å². The third kappa shape index (κ3) is 4.65. The zero-order valence-electron chi connectivity index (χ0n) is 18.1. The third-order valence-corrected chi connectivity index (χ3v) is 7.28. The maximum atomic E-state index is 13.6. The summed E-state index contributed by atoms with van der Waals surface area (Å²) in [5, 5.41) is 4.21. The van der Waals surface area contributed by atoms with Gasteiger partial charge in [-0.3, -0.25) is 14.2 Å². The molecule has 0 atom stereocenters. The summed E-state index contributed by atoms with van der Waals surface area (Å²) >= 11 is 2.92. The first kappa shape index (κ1) is 21.9. The van der Waals surface area contributed by atoms with E-state index in [0.29, 0.717) is 24.2 Å². The average Bonchev–Trinajstić information content (AvgIpc) is 3.32. The molecular formula is C23H27N3O3S2. The van der Waals surface area contributed by atoms with Crippen molar-refractivity contribution in [1.82, 2.24) is 14.9 Å². The van der Waals surface area contributed by atoms with Gasteiger partial charge >= 0.3 is 0 Å². The highest BCUT2D eigenvalue weighted by atomic mass is 32.2. The minimum Gasteiger partial charge on any atom is -0.494 e. The number of aryl methyl sites for hydroxylation is 2. The fourth-order valence-electron chi connectivity index (χ4n) is 3.71. The van der Waals surface area contributed by atoms with Crippen LogP contribution < -0.4 is 15.6 Å². The predicted octanol–water partition coefficient (Wildman–Crippen LogP) is 4.20. The third-order valence-electron chi connectivity index (χ3n) is 5.15. The van der Waals surface area contributed by atoms with E-state index >= 15 is 0 Å². The molecule has 3 aromatic rings. The molecule has 0 saturated heterocycles. The first-order chi connectivity index (χ1) is 15.0. The molecule has 0 aliphatic heterocycles. The molecule has 1 aliphatic carbocycles. The molecule has 0 fully saturated rings. The van der Waals surface area contributed by atoms with Gasteiger partial charge in [0.1, 0.15) is 10.6 Å². The van der Waals surface area contributed by atoms with Crippen LogP contribution >= 0.6 is 23.1 Å². The lowest BCUT2D eigenvalue weighted by molar-refractivity contribution is -0.118. The van der Waals surface area contributed by atoms with Crippen molar-refractivity contribution in [2.24, 2.45) is 5.92 Å². The van der Waals surface area contributed by atoms with Gasteiger partial charge in [-0.25, -0.2) is 4.98 Å². The first-order valence-corrected chi connectivity index (χ1v) is 12.5. The van der Waals surface area contributed by atoms with Gasteiger partial charge in [0.15, 0.2) is 5.16 Å². The maximum absolute atomic E-state index is 13.6. The van der Waals surface area contributed by atoms with Crippen LogP contribution in [-0.2, 0) is 17.6 Å². The Labute approximate surface area is 190 Å². The Kier molecular flexibility index (Phi) is 6.67. The number of carbonyl (C=O) groups excluding carboxylic acids is 1. The molecule has 0 saturated carbocycles. The van der Waals surface area contributed by atoms with Crippen molar-refractivity contribution < 1.29 is 9.53 Å². The largest absolute Gasteiger partial charge is 0.494 e. The molecule has 2 heterocycles. The van der Waals surface area contributed by atoms with E-state index < -0.39 is 0 Å². The number of nitrogens with zero attached hydrogens (tertiary/aromatic N) is 2. The van der Waals surface area contributed by atoms with Gasteiger partial charge in [0, 0.05) is 11.4 Å². The van der Waals surface area contributed by atoms with Crippen molar-refractivity contribution in [3.05, 3.63) is 45.1 Å². The molecule has 2 aromatic heterocycles. The molecule has 8 heteroatoms. The number of carbonyl (C=O) groups is 1. The number of hydrogen-bond acceptors (Lipinski definition) is 6. The number of rotatable bonds is 8. The lowest BCUT2D eigenvalue weighted by Gasteiger charge is -2.13. The van der Waals surface area contributed by atoms with Gasteiger partial charge < -0.3 is 10.1 Å². The molecule has 0 radical (unpaired) electrons. The van der Waals surface area contributed by atoms with Crippen LogP contribution in [0.5, 0.6) is 5.75 Å². The van der Waals surface area contributed by atoms with Crippen LogP contribution in [0.15, 0.2) is 34.2 Å². The predicted molar refractivity (Wildman–Crippen MR) is 127 cm³/mol. The summed E-state index contributed by atoms with van der Waals surface area (Å²) in [6.07, 6.45) is 3.03. The summed E-state index contributed by atoms with van der Waals surface area (Å²) in [4.78, 5) is 32.8. The summed E-state index contributed by atoms with van der Waals surface area (Å²) < 4.78 is 7.18. The number of amides is 1. The highest BCUT2D eigenvalue weighted by Gasteiger charge is 2.24. The normalized spacial score (nSPS) is 13.0. The van der Waals surface area contributed by atoms with Crippen LogP contribution in [0.2, 0.25) is 0 Å². The summed E-state index contributed by atoms with van der Waals surface area (Å²) in [6, 6.07) is 7.46. The molecule has 0 bridgehead atoms. The highest BCUT2D eigenvalue weighted by molar-refractivity contribution is 7.99. The average molecular weight is 458 g/mol. The second kappa shape index (κ2) is 9.44. The lowest BCUT2D eigenvalue weighted by Crippen LogP contribution is -2.29. The van der Waals surface area contributed by atoms with Crippen LogP contribution in [0.25, 0.3) is 15.9 Å². The highest BCUT2D eigenvalue weighted by Crippen LogP contribution is 2.36. The van der Waals surface area contributed by atoms with Crippen LogP contribution in [0.1, 0.15) is 37.6 Å². The van der Waals surface area contributed by atoms with Crippen LogP contribution in [0.3, 0.4) is 0 Å². The van der Waals surface area contributed by atoms with Gasteiger partial charge in [-0.1, -0.05) is 25.6 Å². The zero-order valence-corrected chi connectivity index (χ0v) is 19.7. The van der Waals surface area contributed by atoms with Gasteiger partial charge in [0.25, 0.3) is 5.56 Å². The summed E-state index contributed by atoms with van der Waals surface area (Å²) in [6.45, 7) is 7.27. The Morgan fingerprint density at radius 2 is 2.06 bits per heavy atom. The van der Waals surface area contributed by atoms with Crippen LogP contribution in [-0.4, -0.2) is 34.4 Å². The SMILES string of the molecule is CCOc1ccc(-n2c(SCC(=O)NCC(C)C)nc3sc4c(c3c2=O)CCC4)cc1. The Balaban J connectivity index is 1.73. The number of benzene rings is 1. The fraction of sp³-hybridized carbons (Fsp3) is 0.435.